The molecule has 3 rings (SSSR count). The first-order chi connectivity index (χ1) is 12.0. The molecule has 1 heterocycles. The topological polar surface area (TPSA) is 55.6 Å². The zero-order valence-corrected chi connectivity index (χ0v) is 15.0. The normalized spacial score (nSPS) is 26.4. The summed E-state index contributed by atoms with van der Waals surface area (Å²) < 4.78 is 19.2. The van der Waals surface area contributed by atoms with Gasteiger partial charge in [-0.15, -0.1) is 0 Å². The van der Waals surface area contributed by atoms with E-state index in [1.807, 2.05) is 11.8 Å². The molecule has 2 N–H and O–H groups in total. The fourth-order valence-corrected chi connectivity index (χ4v) is 4.20. The van der Waals surface area contributed by atoms with Crippen LogP contribution in [0, 0.1) is 11.2 Å². The third kappa shape index (κ3) is 4.39. The Kier molecular flexibility index (Phi) is 5.74. The van der Waals surface area contributed by atoms with Crippen LogP contribution in [0.15, 0.2) is 24.3 Å². The van der Waals surface area contributed by atoms with Crippen molar-refractivity contribution in [3.05, 3.63) is 35.6 Å². The molecule has 1 aromatic carbocycles. The largest absolute Gasteiger partial charge is 0.367 e. The van der Waals surface area contributed by atoms with Crippen molar-refractivity contribution in [3.8, 4) is 0 Å². The van der Waals surface area contributed by atoms with Crippen LogP contribution in [0.5, 0.6) is 0 Å². The van der Waals surface area contributed by atoms with Crippen LogP contribution in [0.3, 0.4) is 0 Å². The first-order valence-electron chi connectivity index (χ1n) is 9.40. The number of carbonyl (C=O) groups is 1. The van der Waals surface area contributed by atoms with Gasteiger partial charge in [0.05, 0.1) is 12.6 Å². The van der Waals surface area contributed by atoms with Gasteiger partial charge in [-0.25, -0.2) is 4.39 Å². The zero-order valence-electron chi connectivity index (χ0n) is 15.0. The SMILES string of the molecule is CC1CN(C(=O)CC2(CN)CCCCC2)CC(c2ccc(F)cc2)O1. The molecule has 1 amide bonds. The first-order valence-corrected chi connectivity index (χ1v) is 9.40. The summed E-state index contributed by atoms with van der Waals surface area (Å²) in [5.41, 5.74) is 6.93. The standard InChI is InChI=1S/C20H29FN2O2/c1-15-12-23(13-18(25-15)16-5-7-17(21)8-6-16)19(24)11-20(14-22)9-3-2-4-10-20/h5-8,15,18H,2-4,9-14,22H2,1H3. The average molecular weight is 348 g/mol. The van der Waals surface area contributed by atoms with E-state index >= 15 is 0 Å². The number of ether oxygens (including phenoxy) is 1. The molecule has 2 aliphatic rings. The molecule has 0 bridgehead atoms. The van der Waals surface area contributed by atoms with Gasteiger partial charge < -0.3 is 15.4 Å². The van der Waals surface area contributed by atoms with E-state index < -0.39 is 0 Å². The van der Waals surface area contributed by atoms with Crippen LogP contribution < -0.4 is 5.73 Å². The second-order valence-electron chi connectivity index (χ2n) is 7.73. The van der Waals surface area contributed by atoms with E-state index in [-0.39, 0.29) is 29.3 Å². The third-order valence-electron chi connectivity index (χ3n) is 5.73. The Balaban J connectivity index is 1.68. The summed E-state index contributed by atoms with van der Waals surface area (Å²) >= 11 is 0. The average Bonchev–Trinajstić information content (AvgIpc) is 2.62. The van der Waals surface area contributed by atoms with Gasteiger partial charge in [-0.05, 0) is 49.4 Å². The maximum Gasteiger partial charge on any atom is 0.223 e. The fourth-order valence-electron chi connectivity index (χ4n) is 4.20. The molecule has 4 nitrogen and oxygen atoms in total. The van der Waals surface area contributed by atoms with Crippen molar-refractivity contribution in [2.75, 3.05) is 19.6 Å². The molecule has 138 valence electrons. The van der Waals surface area contributed by atoms with Crippen LogP contribution in [0.2, 0.25) is 0 Å². The van der Waals surface area contributed by atoms with Crippen molar-refractivity contribution in [3.63, 3.8) is 0 Å². The Morgan fingerprint density at radius 3 is 2.56 bits per heavy atom. The highest BCUT2D eigenvalue weighted by Gasteiger charge is 2.36. The van der Waals surface area contributed by atoms with E-state index in [1.54, 1.807) is 12.1 Å². The van der Waals surface area contributed by atoms with Crippen LogP contribution in [0.25, 0.3) is 0 Å². The van der Waals surface area contributed by atoms with E-state index in [4.69, 9.17) is 10.5 Å². The minimum absolute atomic E-state index is 0.0255. The second-order valence-corrected chi connectivity index (χ2v) is 7.73. The lowest BCUT2D eigenvalue weighted by atomic mass is 9.71. The van der Waals surface area contributed by atoms with Crippen molar-refractivity contribution in [1.29, 1.82) is 0 Å². The smallest absolute Gasteiger partial charge is 0.223 e. The Bertz CT molecular complexity index is 584. The third-order valence-corrected chi connectivity index (χ3v) is 5.73. The lowest BCUT2D eigenvalue weighted by molar-refractivity contribution is -0.147. The number of nitrogens with two attached hydrogens (primary N) is 1. The quantitative estimate of drug-likeness (QED) is 0.907. The van der Waals surface area contributed by atoms with Crippen molar-refractivity contribution in [2.24, 2.45) is 11.1 Å². The number of nitrogens with zero attached hydrogens (tertiary/aromatic N) is 1. The van der Waals surface area contributed by atoms with Gasteiger partial charge in [0.15, 0.2) is 0 Å². The van der Waals surface area contributed by atoms with Crippen molar-refractivity contribution in [1.82, 2.24) is 4.90 Å². The predicted molar refractivity (Wildman–Crippen MR) is 95.5 cm³/mol. The van der Waals surface area contributed by atoms with Gasteiger partial charge >= 0.3 is 0 Å². The highest BCUT2D eigenvalue weighted by atomic mass is 19.1. The number of hydrogen-bond acceptors (Lipinski definition) is 3. The highest BCUT2D eigenvalue weighted by molar-refractivity contribution is 5.77. The van der Waals surface area contributed by atoms with E-state index in [2.05, 4.69) is 0 Å². The lowest BCUT2D eigenvalue weighted by Gasteiger charge is -2.41. The Morgan fingerprint density at radius 1 is 1.24 bits per heavy atom. The molecule has 1 aromatic rings. The van der Waals surface area contributed by atoms with E-state index in [0.717, 1.165) is 18.4 Å². The molecule has 2 fully saturated rings. The summed E-state index contributed by atoms with van der Waals surface area (Å²) in [7, 11) is 0. The lowest BCUT2D eigenvalue weighted by Crippen LogP contribution is -2.48. The van der Waals surface area contributed by atoms with Crippen LogP contribution in [0.1, 0.15) is 57.1 Å². The van der Waals surface area contributed by atoms with Gasteiger partial charge in [0, 0.05) is 13.0 Å². The fraction of sp³-hybridized carbons (Fsp3) is 0.650. The number of carbonyl (C=O) groups excluding carboxylic acids is 1. The van der Waals surface area contributed by atoms with Crippen molar-refractivity contribution < 1.29 is 13.9 Å². The summed E-state index contributed by atoms with van der Waals surface area (Å²) in [4.78, 5) is 14.9. The number of hydrogen-bond donors (Lipinski definition) is 1. The van der Waals surface area contributed by atoms with Gasteiger partial charge in [-0.3, -0.25) is 4.79 Å². The Hall–Kier alpha value is -1.46. The Morgan fingerprint density at radius 2 is 1.92 bits per heavy atom. The molecular weight excluding hydrogens is 319 g/mol. The van der Waals surface area contributed by atoms with E-state index in [1.165, 1.54) is 31.4 Å². The minimum Gasteiger partial charge on any atom is -0.367 e. The van der Waals surface area contributed by atoms with E-state index in [0.29, 0.717) is 26.1 Å². The summed E-state index contributed by atoms with van der Waals surface area (Å²) in [6, 6.07) is 6.36. The van der Waals surface area contributed by atoms with Gasteiger partial charge in [-0.2, -0.15) is 0 Å². The molecule has 0 aromatic heterocycles. The van der Waals surface area contributed by atoms with E-state index in [9.17, 15) is 9.18 Å². The van der Waals surface area contributed by atoms with Crippen LogP contribution in [-0.4, -0.2) is 36.5 Å². The molecule has 2 atom stereocenters. The molecule has 1 aliphatic carbocycles. The van der Waals surface area contributed by atoms with Crippen molar-refractivity contribution in [2.45, 2.75) is 57.7 Å². The summed E-state index contributed by atoms with van der Waals surface area (Å²) in [6.07, 6.45) is 5.99. The summed E-state index contributed by atoms with van der Waals surface area (Å²) in [5.74, 6) is -0.0858. The molecule has 5 heteroatoms. The van der Waals surface area contributed by atoms with Gasteiger partial charge in [0.1, 0.15) is 11.9 Å². The minimum atomic E-state index is -0.261. The first kappa shape index (κ1) is 18.3. The molecule has 1 saturated carbocycles. The van der Waals surface area contributed by atoms with Crippen LogP contribution in [-0.2, 0) is 9.53 Å². The molecule has 2 unspecified atom stereocenters. The molecule has 25 heavy (non-hydrogen) atoms. The summed E-state index contributed by atoms with van der Waals surface area (Å²) in [6.45, 7) is 3.70. The van der Waals surface area contributed by atoms with Gasteiger partial charge in [0.2, 0.25) is 5.91 Å². The molecular formula is C20H29FN2O2. The molecule has 1 aliphatic heterocycles. The molecule has 1 saturated heterocycles. The second kappa shape index (κ2) is 7.83. The van der Waals surface area contributed by atoms with Gasteiger partial charge in [0.25, 0.3) is 0 Å². The van der Waals surface area contributed by atoms with Crippen LogP contribution in [0.4, 0.5) is 4.39 Å². The maximum absolute atomic E-state index is 13.2. The highest BCUT2D eigenvalue weighted by Crippen LogP contribution is 2.39. The zero-order chi connectivity index (χ0) is 17.9. The van der Waals surface area contributed by atoms with Crippen molar-refractivity contribution >= 4 is 5.91 Å². The predicted octanol–water partition coefficient (Wildman–Crippen LogP) is 3.41. The summed E-state index contributed by atoms with van der Waals surface area (Å²) in [5, 5.41) is 0. The number of halogens is 1. The maximum atomic E-state index is 13.2. The molecule has 0 radical (unpaired) electrons. The Labute approximate surface area is 149 Å². The molecule has 0 spiro atoms. The number of morpholine rings is 1. The van der Waals surface area contributed by atoms with Gasteiger partial charge in [-0.1, -0.05) is 31.4 Å². The number of amides is 1. The van der Waals surface area contributed by atoms with Crippen LogP contribution >= 0.6 is 0 Å². The number of benzene rings is 1. The monoisotopic (exact) mass is 348 g/mol. The number of rotatable bonds is 4.